The van der Waals surface area contributed by atoms with E-state index >= 15 is 0 Å². The van der Waals surface area contributed by atoms with Gasteiger partial charge in [0.05, 0.1) is 13.2 Å². The van der Waals surface area contributed by atoms with Gasteiger partial charge in [0.1, 0.15) is 0 Å². The Labute approximate surface area is 140 Å². The van der Waals surface area contributed by atoms with Crippen LogP contribution in [0.4, 0.5) is 5.69 Å². The fraction of sp³-hybridized carbons (Fsp3) is 0.632. The molecule has 0 spiro atoms. The highest BCUT2D eigenvalue weighted by Crippen LogP contribution is 2.17. The summed E-state index contributed by atoms with van der Waals surface area (Å²) >= 11 is 0. The van der Waals surface area contributed by atoms with Gasteiger partial charge < -0.3 is 9.64 Å². The summed E-state index contributed by atoms with van der Waals surface area (Å²) in [5.41, 5.74) is 2.05. The molecule has 4 nitrogen and oxygen atoms in total. The smallest absolute Gasteiger partial charge is 0.164 e. The molecule has 2 rings (SSSR count). The van der Waals surface area contributed by atoms with Crippen LogP contribution in [0, 0.1) is 0 Å². The molecule has 0 atom stereocenters. The first-order valence-corrected chi connectivity index (χ1v) is 8.93. The van der Waals surface area contributed by atoms with Crippen molar-refractivity contribution in [1.82, 2.24) is 4.90 Å². The number of ether oxygens (including phenoxy) is 1. The monoisotopic (exact) mass is 318 g/mol. The molecular weight excluding hydrogens is 288 g/mol. The van der Waals surface area contributed by atoms with Crippen LogP contribution in [0.5, 0.6) is 0 Å². The molecule has 4 heteroatoms. The molecule has 23 heavy (non-hydrogen) atoms. The van der Waals surface area contributed by atoms with Crippen LogP contribution < -0.4 is 4.90 Å². The normalized spacial score (nSPS) is 15.6. The Hall–Kier alpha value is -1.39. The van der Waals surface area contributed by atoms with Gasteiger partial charge in [0.15, 0.2) is 5.78 Å². The van der Waals surface area contributed by atoms with Crippen molar-refractivity contribution in [2.24, 2.45) is 0 Å². The highest BCUT2D eigenvalue weighted by molar-refractivity contribution is 5.96. The van der Waals surface area contributed by atoms with Gasteiger partial charge in [-0.2, -0.15) is 0 Å². The average Bonchev–Trinajstić information content (AvgIpc) is 2.60. The van der Waals surface area contributed by atoms with E-state index < -0.39 is 0 Å². The summed E-state index contributed by atoms with van der Waals surface area (Å²) in [7, 11) is 0. The number of rotatable bonds is 9. The van der Waals surface area contributed by atoms with Crippen LogP contribution in [0.1, 0.15) is 43.5 Å². The number of Topliss-reactive ketones (excluding diaryl/α,β-unsaturated/α-hetero) is 1. The molecule has 128 valence electrons. The largest absolute Gasteiger partial charge is 0.379 e. The first-order chi connectivity index (χ1) is 11.2. The zero-order valence-electron chi connectivity index (χ0n) is 14.6. The van der Waals surface area contributed by atoms with Gasteiger partial charge >= 0.3 is 0 Å². The van der Waals surface area contributed by atoms with Crippen molar-refractivity contribution in [3.63, 3.8) is 0 Å². The van der Waals surface area contributed by atoms with Crippen LogP contribution in [0.2, 0.25) is 0 Å². The predicted molar refractivity (Wildman–Crippen MR) is 95.4 cm³/mol. The SMILES string of the molecule is CCCN(CCC)c1ccc(C(=O)CCN2CCOCC2)cc1. The minimum absolute atomic E-state index is 0.237. The van der Waals surface area contributed by atoms with Crippen molar-refractivity contribution >= 4 is 11.5 Å². The van der Waals surface area contributed by atoms with Gasteiger partial charge in [-0.05, 0) is 37.1 Å². The minimum Gasteiger partial charge on any atom is -0.379 e. The third-order valence-electron chi connectivity index (χ3n) is 4.30. The van der Waals surface area contributed by atoms with Crippen molar-refractivity contribution < 1.29 is 9.53 Å². The molecule has 1 fully saturated rings. The van der Waals surface area contributed by atoms with Crippen LogP contribution in [-0.4, -0.2) is 56.6 Å². The van der Waals surface area contributed by atoms with Crippen molar-refractivity contribution in [3.8, 4) is 0 Å². The fourth-order valence-corrected chi connectivity index (χ4v) is 3.00. The number of morpholine rings is 1. The highest BCUT2D eigenvalue weighted by atomic mass is 16.5. The second kappa shape index (κ2) is 9.68. The molecule has 1 saturated heterocycles. The van der Waals surface area contributed by atoms with Crippen molar-refractivity contribution in [2.75, 3.05) is 50.8 Å². The molecule has 0 aromatic heterocycles. The molecule has 0 unspecified atom stereocenters. The average molecular weight is 318 g/mol. The Morgan fingerprint density at radius 2 is 1.70 bits per heavy atom. The molecule has 0 N–H and O–H groups in total. The van der Waals surface area contributed by atoms with Gasteiger partial charge in [-0.1, -0.05) is 13.8 Å². The van der Waals surface area contributed by atoms with E-state index in [4.69, 9.17) is 4.74 Å². The number of hydrogen-bond donors (Lipinski definition) is 0. The van der Waals surface area contributed by atoms with E-state index in [0.29, 0.717) is 6.42 Å². The molecular formula is C19H30N2O2. The first-order valence-electron chi connectivity index (χ1n) is 8.93. The zero-order valence-corrected chi connectivity index (χ0v) is 14.6. The summed E-state index contributed by atoms with van der Waals surface area (Å²) in [4.78, 5) is 17.0. The minimum atomic E-state index is 0.237. The lowest BCUT2D eigenvalue weighted by molar-refractivity contribution is 0.0370. The summed E-state index contributed by atoms with van der Waals surface area (Å²) in [5, 5.41) is 0. The Balaban J connectivity index is 1.88. The highest BCUT2D eigenvalue weighted by Gasteiger charge is 2.13. The lowest BCUT2D eigenvalue weighted by Crippen LogP contribution is -2.37. The molecule has 1 heterocycles. The Bertz CT molecular complexity index is 461. The van der Waals surface area contributed by atoms with Crippen LogP contribution in [0.25, 0.3) is 0 Å². The van der Waals surface area contributed by atoms with Crippen LogP contribution >= 0.6 is 0 Å². The summed E-state index contributed by atoms with van der Waals surface area (Å²) in [6.07, 6.45) is 2.87. The maximum Gasteiger partial charge on any atom is 0.164 e. The topological polar surface area (TPSA) is 32.8 Å². The molecule has 0 saturated carbocycles. The predicted octanol–water partition coefficient (Wildman–Crippen LogP) is 3.22. The van der Waals surface area contributed by atoms with E-state index in [9.17, 15) is 4.79 Å². The summed E-state index contributed by atoms with van der Waals surface area (Å²) in [6, 6.07) is 8.14. The van der Waals surface area contributed by atoms with Gasteiger partial charge in [-0.15, -0.1) is 0 Å². The second-order valence-electron chi connectivity index (χ2n) is 6.16. The molecule has 0 aliphatic carbocycles. The van der Waals surface area contributed by atoms with Crippen molar-refractivity contribution in [1.29, 1.82) is 0 Å². The van der Waals surface area contributed by atoms with Gasteiger partial charge in [-0.3, -0.25) is 9.69 Å². The van der Waals surface area contributed by atoms with Crippen LogP contribution in [0.15, 0.2) is 24.3 Å². The van der Waals surface area contributed by atoms with Crippen molar-refractivity contribution in [2.45, 2.75) is 33.1 Å². The van der Waals surface area contributed by atoms with Crippen LogP contribution in [0.3, 0.4) is 0 Å². The van der Waals surface area contributed by atoms with Gasteiger partial charge in [0, 0.05) is 50.4 Å². The van der Waals surface area contributed by atoms with Gasteiger partial charge in [0.2, 0.25) is 0 Å². The van der Waals surface area contributed by atoms with Gasteiger partial charge in [-0.25, -0.2) is 0 Å². The Kier molecular flexibility index (Phi) is 7.56. The number of carbonyl (C=O) groups is 1. The van der Waals surface area contributed by atoms with Gasteiger partial charge in [0.25, 0.3) is 0 Å². The summed E-state index contributed by atoms with van der Waals surface area (Å²) in [5.74, 6) is 0.237. The molecule has 1 aromatic rings. The Morgan fingerprint density at radius 1 is 1.09 bits per heavy atom. The molecule has 0 bridgehead atoms. The molecule has 0 radical (unpaired) electrons. The number of ketones is 1. The van der Waals surface area contributed by atoms with Crippen LogP contribution in [-0.2, 0) is 4.74 Å². The standard InChI is InChI=1S/C19H30N2O2/c1-3-10-21(11-4-2)18-7-5-17(6-8-18)19(22)9-12-20-13-15-23-16-14-20/h5-8H,3-4,9-16H2,1-2H3. The summed E-state index contributed by atoms with van der Waals surface area (Å²) < 4.78 is 5.34. The molecule has 1 aliphatic rings. The second-order valence-corrected chi connectivity index (χ2v) is 6.16. The van der Waals surface area contributed by atoms with E-state index in [1.54, 1.807) is 0 Å². The number of hydrogen-bond acceptors (Lipinski definition) is 4. The maximum absolute atomic E-state index is 12.3. The van der Waals surface area contributed by atoms with E-state index in [-0.39, 0.29) is 5.78 Å². The van der Waals surface area contributed by atoms with Crippen molar-refractivity contribution in [3.05, 3.63) is 29.8 Å². The molecule has 1 aromatic carbocycles. The quantitative estimate of drug-likeness (QED) is 0.655. The molecule has 1 aliphatic heterocycles. The Morgan fingerprint density at radius 3 is 2.26 bits per heavy atom. The van der Waals surface area contributed by atoms with E-state index in [2.05, 4.69) is 35.8 Å². The van der Waals surface area contributed by atoms with E-state index in [1.807, 2.05) is 12.1 Å². The lowest BCUT2D eigenvalue weighted by Gasteiger charge is -2.26. The number of anilines is 1. The number of carbonyl (C=O) groups excluding carboxylic acids is 1. The third kappa shape index (κ3) is 5.63. The molecule has 0 amide bonds. The fourth-order valence-electron chi connectivity index (χ4n) is 3.00. The van der Waals surface area contributed by atoms with E-state index in [1.165, 1.54) is 5.69 Å². The maximum atomic E-state index is 12.3. The zero-order chi connectivity index (χ0) is 16.5. The third-order valence-corrected chi connectivity index (χ3v) is 4.30. The lowest BCUT2D eigenvalue weighted by atomic mass is 10.1. The number of nitrogens with zero attached hydrogens (tertiary/aromatic N) is 2. The van der Waals surface area contributed by atoms with E-state index in [0.717, 1.165) is 64.3 Å². The summed E-state index contributed by atoms with van der Waals surface area (Å²) in [6.45, 7) is 10.8. The first kappa shape index (κ1) is 18.0. The number of benzene rings is 1.